The van der Waals surface area contributed by atoms with E-state index in [1.54, 1.807) is 12.1 Å². The number of pyridine rings is 1. The topological polar surface area (TPSA) is 63.3 Å². The third-order valence-electron chi connectivity index (χ3n) is 1.42. The van der Waals surface area contributed by atoms with E-state index in [0.717, 1.165) is 5.56 Å². The number of fused-ring (bicyclic) bond motifs is 1. The molecule has 0 atom stereocenters. The first kappa shape index (κ1) is 9.44. The van der Waals surface area contributed by atoms with Gasteiger partial charge in [0.25, 0.3) is 0 Å². The molecule has 0 aliphatic heterocycles. The van der Waals surface area contributed by atoms with Crippen LogP contribution in [-0.2, 0) is 0 Å². The summed E-state index contributed by atoms with van der Waals surface area (Å²) in [5.74, 6) is 0.0602. The molecule has 12 heavy (non-hydrogen) atoms. The number of hydrogen-bond donors (Lipinski definition) is 1. The second-order valence-electron chi connectivity index (χ2n) is 2.34. The van der Waals surface area contributed by atoms with Crippen LogP contribution in [0.3, 0.4) is 0 Å². The average molecular weight is 174 g/mol. The number of hydrogen-bond acceptors (Lipinski definition) is 4. The van der Waals surface area contributed by atoms with E-state index in [-0.39, 0.29) is 35.4 Å². The van der Waals surface area contributed by atoms with Gasteiger partial charge >= 0.3 is 29.6 Å². The number of nitrogens with zero attached hydrogens (tertiary/aromatic N) is 4. The SMILES string of the molecule is Cc1cc(O)n2nnnc2c1.[NaH]. The van der Waals surface area contributed by atoms with Crippen molar-refractivity contribution in [2.45, 2.75) is 6.92 Å². The Hall–Kier alpha value is -0.650. The maximum atomic E-state index is 9.26. The van der Waals surface area contributed by atoms with Crippen LogP contribution in [0.4, 0.5) is 0 Å². The molecule has 2 aromatic heterocycles. The fourth-order valence-electron chi connectivity index (χ4n) is 0.957. The van der Waals surface area contributed by atoms with Gasteiger partial charge < -0.3 is 5.11 Å². The van der Waals surface area contributed by atoms with E-state index < -0.39 is 0 Å². The van der Waals surface area contributed by atoms with Crippen LogP contribution >= 0.6 is 0 Å². The molecular weight excluding hydrogens is 167 g/mol. The minimum atomic E-state index is 0. The van der Waals surface area contributed by atoms with Gasteiger partial charge in [-0.25, -0.2) is 0 Å². The van der Waals surface area contributed by atoms with Gasteiger partial charge in [-0.05, 0) is 29.0 Å². The van der Waals surface area contributed by atoms with E-state index in [4.69, 9.17) is 0 Å². The van der Waals surface area contributed by atoms with Crippen molar-refractivity contribution in [3.8, 4) is 5.88 Å². The zero-order valence-corrected chi connectivity index (χ0v) is 5.89. The Morgan fingerprint density at radius 1 is 1.42 bits per heavy atom. The zero-order chi connectivity index (χ0) is 7.84. The van der Waals surface area contributed by atoms with Crippen molar-refractivity contribution in [2.24, 2.45) is 0 Å². The summed E-state index contributed by atoms with van der Waals surface area (Å²) in [5, 5.41) is 19.9. The quantitative estimate of drug-likeness (QED) is 0.546. The predicted molar refractivity (Wildman–Crippen MR) is 44.3 cm³/mol. The van der Waals surface area contributed by atoms with E-state index in [9.17, 15) is 5.11 Å². The Bertz CT molecular complexity index is 399. The summed E-state index contributed by atoms with van der Waals surface area (Å²) in [4.78, 5) is 0. The van der Waals surface area contributed by atoms with Crippen LogP contribution in [0.15, 0.2) is 12.1 Å². The standard InChI is InChI=1S/C6H6N4O.Na.H/c1-4-2-5-7-8-9-10(5)6(11)3-4;;/h2-3,11H,1H3;;. The molecule has 0 radical (unpaired) electrons. The van der Waals surface area contributed by atoms with E-state index in [1.165, 1.54) is 4.52 Å². The molecule has 1 N–H and O–H groups in total. The molecule has 0 spiro atoms. The summed E-state index contributed by atoms with van der Waals surface area (Å²) >= 11 is 0. The number of rotatable bonds is 0. The monoisotopic (exact) mass is 174 g/mol. The molecule has 6 heteroatoms. The first-order chi connectivity index (χ1) is 5.27. The van der Waals surface area contributed by atoms with Crippen LogP contribution in [0.5, 0.6) is 5.88 Å². The van der Waals surface area contributed by atoms with Crippen molar-refractivity contribution in [1.82, 2.24) is 20.0 Å². The Morgan fingerprint density at radius 2 is 2.17 bits per heavy atom. The summed E-state index contributed by atoms with van der Waals surface area (Å²) in [6.07, 6.45) is 0. The van der Waals surface area contributed by atoms with Crippen LogP contribution in [0.25, 0.3) is 5.65 Å². The molecule has 2 rings (SSSR count). The molecule has 0 saturated carbocycles. The summed E-state index contributed by atoms with van der Waals surface area (Å²) in [6.45, 7) is 1.87. The average Bonchev–Trinajstić information content (AvgIpc) is 2.34. The number of aryl methyl sites for hydroxylation is 1. The van der Waals surface area contributed by atoms with Crippen LogP contribution in [-0.4, -0.2) is 54.7 Å². The molecule has 2 heterocycles. The van der Waals surface area contributed by atoms with Gasteiger partial charge in [0.1, 0.15) is 0 Å². The fourth-order valence-corrected chi connectivity index (χ4v) is 0.957. The van der Waals surface area contributed by atoms with Crippen molar-refractivity contribution < 1.29 is 5.11 Å². The Morgan fingerprint density at radius 3 is 2.92 bits per heavy atom. The fraction of sp³-hybridized carbons (Fsp3) is 0.167. The van der Waals surface area contributed by atoms with Gasteiger partial charge in [-0.15, -0.1) is 5.10 Å². The van der Waals surface area contributed by atoms with Crippen molar-refractivity contribution in [1.29, 1.82) is 0 Å². The number of aromatic nitrogens is 4. The molecule has 0 unspecified atom stereocenters. The molecule has 0 fully saturated rings. The van der Waals surface area contributed by atoms with E-state index in [0.29, 0.717) is 5.65 Å². The number of tetrazole rings is 1. The minimum absolute atomic E-state index is 0. The van der Waals surface area contributed by atoms with Crippen LogP contribution in [0.1, 0.15) is 5.56 Å². The first-order valence-electron chi connectivity index (χ1n) is 3.15. The molecule has 0 bridgehead atoms. The Balaban J connectivity index is 0.000000720. The van der Waals surface area contributed by atoms with Gasteiger partial charge in [-0.2, -0.15) is 4.52 Å². The van der Waals surface area contributed by atoms with Gasteiger partial charge in [-0.1, -0.05) is 0 Å². The molecule has 0 aliphatic carbocycles. The van der Waals surface area contributed by atoms with Crippen molar-refractivity contribution >= 4 is 35.2 Å². The first-order valence-corrected chi connectivity index (χ1v) is 3.15. The summed E-state index contributed by atoms with van der Waals surface area (Å²) in [6, 6.07) is 3.39. The van der Waals surface area contributed by atoms with Gasteiger partial charge in [0, 0.05) is 6.07 Å². The zero-order valence-electron chi connectivity index (χ0n) is 5.89. The van der Waals surface area contributed by atoms with Crippen LogP contribution in [0.2, 0.25) is 0 Å². The van der Waals surface area contributed by atoms with Gasteiger partial charge in [0.15, 0.2) is 5.65 Å². The van der Waals surface area contributed by atoms with E-state index >= 15 is 0 Å². The molecule has 0 saturated heterocycles. The normalized spacial score (nSPS) is 9.75. The second kappa shape index (κ2) is 3.38. The van der Waals surface area contributed by atoms with E-state index in [1.807, 2.05) is 6.92 Å². The molecule has 0 amide bonds. The second-order valence-corrected chi connectivity index (χ2v) is 2.34. The van der Waals surface area contributed by atoms with Gasteiger partial charge in [0.2, 0.25) is 5.88 Å². The Labute approximate surface area is 90.7 Å². The van der Waals surface area contributed by atoms with Crippen LogP contribution < -0.4 is 0 Å². The van der Waals surface area contributed by atoms with Crippen LogP contribution in [0, 0.1) is 6.92 Å². The van der Waals surface area contributed by atoms with Crippen molar-refractivity contribution in [2.75, 3.05) is 0 Å². The maximum absolute atomic E-state index is 9.26. The van der Waals surface area contributed by atoms with Crippen molar-refractivity contribution in [3.63, 3.8) is 0 Å². The molecule has 0 aliphatic rings. The summed E-state index contributed by atoms with van der Waals surface area (Å²) < 4.78 is 1.27. The van der Waals surface area contributed by atoms with E-state index in [2.05, 4.69) is 15.5 Å². The summed E-state index contributed by atoms with van der Waals surface area (Å²) in [5.41, 5.74) is 1.49. The third kappa shape index (κ3) is 1.43. The van der Waals surface area contributed by atoms with Gasteiger partial charge in [0.05, 0.1) is 0 Å². The molecule has 2 aromatic rings. The van der Waals surface area contributed by atoms with Gasteiger partial charge in [-0.3, -0.25) is 0 Å². The summed E-state index contributed by atoms with van der Waals surface area (Å²) in [7, 11) is 0. The molecule has 5 nitrogen and oxygen atoms in total. The molecular formula is C6H7N4NaO. The molecule has 58 valence electrons. The number of aromatic hydroxyl groups is 1. The molecule has 0 aromatic carbocycles. The predicted octanol–water partition coefficient (Wildman–Crippen LogP) is -0.510. The third-order valence-corrected chi connectivity index (χ3v) is 1.42. The van der Waals surface area contributed by atoms with Crippen molar-refractivity contribution in [3.05, 3.63) is 17.7 Å². The Kier molecular flexibility index (Phi) is 2.66.